The summed E-state index contributed by atoms with van der Waals surface area (Å²) >= 11 is 5.05. The van der Waals surface area contributed by atoms with E-state index >= 15 is 0 Å². The van der Waals surface area contributed by atoms with Gasteiger partial charge in [-0.2, -0.15) is 5.10 Å². The number of amides is 1. The summed E-state index contributed by atoms with van der Waals surface area (Å²) in [7, 11) is 0. The lowest BCUT2D eigenvalue weighted by Gasteiger charge is -2.14. The van der Waals surface area contributed by atoms with E-state index in [9.17, 15) is 9.59 Å². The van der Waals surface area contributed by atoms with Crippen LogP contribution in [0, 0.1) is 0 Å². The van der Waals surface area contributed by atoms with Crippen molar-refractivity contribution >= 4 is 34.0 Å². The number of nitrogens with zero attached hydrogens (tertiary/aromatic N) is 2. The molecule has 3 N–H and O–H groups in total. The number of thiocarbonyl (C=S) groups is 1. The van der Waals surface area contributed by atoms with Gasteiger partial charge in [0.25, 0.3) is 11.5 Å². The van der Waals surface area contributed by atoms with E-state index in [2.05, 4.69) is 21.3 Å². The number of carbonyl (C=O) groups excluding carboxylic acids is 1. The van der Waals surface area contributed by atoms with Crippen LogP contribution in [-0.4, -0.2) is 26.8 Å². The maximum atomic E-state index is 12.4. The summed E-state index contributed by atoms with van der Waals surface area (Å²) in [5.74, 6) is -0.462. The zero-order valence-electron chi connectivity index (χ0n) is 13.2. The van der Waals surface area contributed by atoms with Crippen molar-refractivity contribution in [1.82, 2.24) is 25.9 Å². The lowest BCUT2D eigenvalue weighted by molar-refractivity contribution is 0.0938. The molecule has 0 spiro atoms. The molecule has 0 aliphatic rings. The molecule has 2 rings (SSSR count). The number of hydrogen-bond acceptors (Lipinski definition) is 4. The number of carbonyl (C=O) groups is 1. The molecular weight excluding hydrogens is 314 g/mol. The predicted molar refractivity (Wildman–Crippen MR) is 93.1 cm³/mol. The number of nitrogens with one attached hydrogen (secondary N) is 3. The molecule has 0 aliphatic heterocycles. The highest BCUT2D eigenvalue weighted by atomic mass is 32.1. The SMILES string of the molecule is CCn1nc(C(=O)NNC(=S)NC(C)C)c2ccccc2c1=O. The fraction of sp³-hybridized carbons (Fsp3) is 0.333. The van der Waals surface area contributed by atoms with Crippen LogP contribution in [-0.2, 0) is 6.54 Å². The first-order valence-electron chi connectivity index (χ1n) is 7.30. The smallest absolute Gasteiger partial charge is 0.290 e. The first-order chi connectivity index (χ1) is 10.9. The Hall–Kier alpha value is -2.48. The van der Waals surface area contributed by atoms with Crippen LogP contribution in [0.1, 0.15) is 31.3 Å². The highest BCUT2D eigenvalue weighted by Crippen LogP contribution is 2.12. The summed E-state index contributed by atoms with van der Waals surface area (Å²) in [6.07, 6.45) is 0. The molecule has 0 aliphatic carbocycles. The quantitative estimate of drug-likeness (QED) is 0.572. The molecular formula is C15H19N5O2S. The van der Waals surface area contributed by atoms with E-state index in [0.29, 0.717) is 22.4 Å². The average Bonchev–Trinajstić information content (AvgIpc) is 2.52. The summed E-state index contributed by atoms with van der Waals surface area (Å²) in [6.45, 7) is 6.04. The minimum atomic E-state index is -0.462. The first-order valence-corrected chi connectivity index (χ1v) is 7.71. The molecule has 0 radical (unpaired) electrons. The molecule has 1 aromatic carbocycles. The number of aromatic nitrogens is 2. The Kier molecular flexibility index (Phi) is 5.28. The van der Waals surface area contributed by atoms with Gasteiger partial charge in [-0.1, -0.05) is 18.2 Å². The van der Waals surface area contributed by atoms with Gasteiger partial charge in [-0.05, 0) is 39.1 Å². The fourth-order valence-electron chi connectivity index (χ4n) is 2.09. The number of fused-ring (bicyclic) bond motifs is 1. The molecule has 0 atom stereocenters. The van der Waals surface area contributed by atoms with Crippen LogP contribution in [0.5, 0.6) is 0 Å². The van der Waals surface area contributed by atoms with E-state index in [1.807, 2.05) is 13.8 Å². The maximum Gasteiger partial charge on any atom is 0.290 e. The van der Waals surface area contributed by atoms with Crippen LogP contribution in [0.4, 0.5) is 0 Å². The van der Waals surface area contributed by atoms with E-state index in [1.165, 1.54) is 4.68 Å². The lowest BCUT2D eigenvalue weighted by atomic mass is 10.1. The molecule has 7 nitrogen and oxygen atoms in total. The van der Waals surface area contributed by atoms with Gasteiger partial charge >= 0.3 is 0 Å². The van der Waals surface area contributed by atoms with Gasteiger partial charge in [-0.25, -0.2) is 4.68 Å². The normalized spacial score (nSPS) is 10.6. The number of hydrazine groups is 1. The summed E-state index contributed by atoms with van der Waals surface area (Å²) in [5.41, 5.74) is 5.07. The predicted octanol–water partition coefficient (Wildman–Crippen LogP) is 0.934. The van der Waals surface area contributed by atoms with Gasteiger partial charge < -0.3 is 5.32 Å². The first kappa shape index (κ1) is 16.9. The summed E-state index contributed by atoms with van der Waals surface area (Å²) in [6, 6.07) is 7.04. The van der Waals surface area contributed by atoms with Crippen molar-refractivity contribution in [2.75, 3.05) is 0 Å². The standard InChI is InChI=1S/C15H19N5O2S/c1-4-20-14(22)11-8-6-5-7-10(11)12(19-20)13(21)17-18-15(23)16-9(2)3/h5-9H,4H2,1-3H3,(H,17,21)(H2,16,18,23). The third kappa shape index (κ3) is 3.84. The van der Waals surface area contributed by atoms with E-state index in [-0.39, 0.29) is 17.3 Å². The molecule has 2 aromatic rings. The van der Waals surface area contributed by atoms with Crippen LogP contribution < -0.4 is 21.7 Å². The van der Waals surface area contributed by atoms with Crippen LogP contribution in [0.3, 0.4) is 0 Å². The van der Waals surface area contributed by atoms with Crippen molar-refractivity contribution in [2.24, 2.45) is 0 Å². The van der Waals surface area contributed by atoms with Crippen LogP contribution in [0.2, 0.25) is 0 Å². The van der Waals surface area contributed by atoms with Crippen molar-refractivity contribution in [3.05, 3.63) is 40.3 Å². The molecule has 0 saturated carbocycles. The maximum absolute atomic E-state index is 12.4. The molecule has 0 unspecified atom stereocenters. The van der Waals surface area contributed by atoms with E-state index in [0.717, 1.165) is 0 Å². The van der Waals surface area contributed by atoms with Crippen LogP contribution in [0.15, 0.2) is 29.1 Å². The van der Waals surface area contributed by atoms with E-state index < -0.39 is 5.91 Å². The Morgan fingerprint density at radius 2 is 1.91 bits per heavy atom. The molecule has 1 heterocycles. The number of aryl methyl sites for hydroxylation is 1. The molecule has 23 heavy (non-hydrogen) atoms. The van der Waals surface area contributed by atoms with Gasteiger partial charge in [-0.3, -0.25) is 20.4 Å². The molecule has 1 amide bonds. The molecule has 1 aromatic heterocycles. The zero-order valence-corrected chi connectivity index (χ0v) is 14.0. The minimum absolute atomic E-state index is 0.146. The Labute approximate surface area is 139 Å². The Morgan fingerprint density at radius 3 is 2.52 bits per heavy atom. The molecule has 8 heteroatoms. The minimum Gasteiger partial charge on any atom is -0.359 e. The fourth-order valence-corrected chi connectivity index (χ4v) is 2.37. The Morgan fingerprint density at radius 1 is 1.26 bits per heavy atom. The van der Waals surface area contributed by atoms with Gasteiger partial charge in [0.2, 0.25) is 0 Å². The van der Waals surface area contributed by atoms with Crippen LogP contribution in [0.25, 0.3) is 10.8 Å². The highest BCUT2D eigenvalue weighted by Gasteiger charge is 2.16. The second kappa shape index (κ2) is 7.19. The topological polar surface area (TPSA) is 88.1 Å². The van der Waals surface area contributed by atoms with Crippen molar-refractivity contribution in [3.8, 4) is 0 Å². The molecule has 122 valence electrons. The van der Waals surface area contributed by atoms with Crippen LogP contribution >= 0.6 is 12.2 Å². The van der Waals surface area contributed by atoms with E-state index in [1.54, 1.807) is 31.2 Å². The van der Waals surface area contributed by atoms with Gasteiger partial charge in [0, 0.05) is 18.0 Å². The van der Waals surface area contributed by atoms with Gasteiger partial charge in [0.15, 0.2) is 10.8 Å². The zero-order chi connectivity index (χ0) is 17.0. The summed E-state index contributed by atoms with van der Waals surface area (Å²) in [5, 5.41) is 8.36. The second-order valence-corrected chi connectivity index (χ2v) is 5.63. The van der Waals surface area contributed by atoms with Crippen molar-refractivity contribution in [3.63, 3.8) is 0 Å². The third-order valence-corrected chi connectivity index (χ3v) is 3.31. The Balaban J connectivity index is 2.32. The molecule has 0 bridgehead atoms. The second-order valence-electron chi connectivity index (χ2n) is 5.22. The van der Waals surface area contributed by atoms with Crippen molar-refractivity contribution in [1.29, 1.82) is 0 Å². The third-order valence-electron chi connectivity index (χ3n) is 3.09. The summed E-state index contributed by atoms with van der Waals surface area (Å²) < 4.78 is 1.27. The number of hydrogen-bond donors (Lipinski definition) is 3. The monoisotopic (exact) mass is 333 g/mol. The van der Waals surface area contributed by atoms with Crippen molar-refractivity contribution < 1.29 is 4.79 Å². The summed E-state index contributed by atoms with van der Waals surface area (Å²) in [4.78, 5) is 24.6. The largest absolute Gasteiger partial charge is 0.359 e. The lowest BCUT2D eigenvalue weighted by Crippen LogP contribution is -2.49. The van der Waals surface area contributed by atoms with E-state index in [4.69, 9.17) is 12.2 Å². The van der Waals surface area contributed by atoms with Gasteiger partial charge in [0.05, 0.1) is 5.39 Å². The number of rotatable bonds is 3. The highest BCUT2D eigenvalue weighted by molar-refractivity contribution is 7.80. The molecule has 0 saturated heterocycles. The van der Waals surface area contributed by atoms with Crippen molar-refractivity contribution in [2.45, 2.75) is 33.4 Å². The Bertz CT molecular complexity index is 800. The average molecular weight is 333 g/mol. The molecule has 0 fully saturated rings. The van der Waals surface area contributed by atoms with Gasteiger partial charge in [0.1, 0.15) is 0 Å². The van der Waals surface area contributed by atoms with Gasteiger partial charge in [-0.15, -0.1) is 0 Å². The number of benzene rings is 1.